The summed E-state index contributed by atoms with van der Waals surface area (Å²) in [7, 11) is 0. The van der Waals surface area contributed by atoms with E-state index in [0.29, 0.717) is 5.69 Å². The van der Waals surface area contributed by atoms with E-state index in [4.69, 9.17) is 0 Å². The molecule has 1 aliphatic rings. The molecule has 0 aliphatic carbocycles. The first-order chi connectivity index (χ1) is 10.3. The number of hydrogen-bond donors (Lipinski definition) is 1. The molecule has 1 aromatic carbocycles. The molecule has 0 radical (unpaired) electrons. The van der Waals surface area contributed by atoms with Crippen molar-refractivity contribution in [3.63, 3.8) is 0 Å². The van der Waals surface area contributed by atoms with E-state index in [1.807, 2.05) is 40.6 Å². The van der Waals surface area contributed by atoms with Crippen molar-refractivity contribution >= 4 is 28.1 Å². The molecule has 0 saturated carbocycles. The Morgan fingerprint density at radius 2 is 1.81 bits per heavy atom. The molecule has 2 heterocycles. The van der Waals surface area contributed by atoms with Gasteiger partial charge in [-0.1, -0.05) is 31.0 Å². The average molecular weight is 301 g/mol. The monoisotopic (exact) mass is 301 g/mol. The average Bonchev–Trinajstić information content (AvgIpc) is 2.81. The highest BCUT2D eigenvalue weighted by atomic mass is 32.1. The smallest absolute Gasteiger partial charge is 0.273 e. The third-order valence-corrected chi connectivity index (χ3v) is 4.40. The fourth-order valence-electron chi connectivity index (χ4n) is 2.51. The molecule has 4 nitrogen and oxygen atoms in total. The summed E-state index contributed by atoms with van der Waals surface area (Å²) in [6.45, 7) is 1.72. The lowest BCUT2D eigenvalue weighted by Gasteiger charge is -2.18. The van der Waals surface area contributed by atoms with Crippen LogP contribution in [0.1, 0.15) is 36.2 Å². The zero-order chi connectivity index (χ0) is 14.5. The molecule has 1 N–H and O–H groups in total. The van der Waals surface area contributed by atoms with Crippen molar-refractivity contribution in [1.82, 2.24) is 9.88 Å². The number of rotatable bonds is 3. The Hall–Kier alpha value is -1.88. The maximum absolute atomic E-state index is 12.5. The Balaban J connectivity index is 1.67. The van der Waals surface area contributed by atoms with Gasteiger partial charge in [-0.3, -0.25) is 4.79 Å². The van der Waals surface area contributed by atoms with E-state index in [-0.39, 0.29) is 5.91 Å². The summed E-state index contributed by atoms with van der Waals surface area (Å²) in [5.41, 5.74) is 1.54. The maximum Gasteiger partial charge on any atom is 0.273 e. The van der Waals surface area contributed by atoms with E-state index in [2.05, 4.69) is 10.3 Å². The zero-order valence-electron chi connectivity index (χ0n) is 11.9. The topological polar surface area (TPSA) is 45.2 Å². The Kier molecular flexibility index (Phi) is 4.50. The van der Waals surface area contributed by atoms with Crippen molar-refractivity contribution in [3.8, 4) is 0 Å². The van der Waals surface area contributed by atoms with Crippen LogP contribution in [0.15, 0.2) is 35.7 Å². The molecule has 0 unspecified atom stereocenters. The van der Waals surface area contributed by atoms with Gasteiger partial charge < -0.3 is 10.2 Å². The van der Waals surface area contributed by atoms with Crippen molar-refractivity contribution in [3.05, 3.63) is 41.4 Å². The lowest BCUT2D eigenvalue weighted by molar-refractivity contribution is 0.0756. The Bertz CT molecular complexity index is 589. The van der Waals surface area contributed by atoms with Gasteiger partial charge in [0, 0.05) is 24.2 Å². The molecule has 21 heavy (non-hydrogen) atoms. The van der Waals surface area contributed by atoms with E-state index in [1.54, 1.807) is 0 Å². The number of thiazole rings is 1. The fourth-order valence-corrected chi connectivity index (χ4v) is 3.21. The predicted molar refractivity (Wildman–Crippen MR) is 86.2 cm³/mol. The van der Waals surface area contributed by atoms with E-state index < -0.39 is 0 Å². The van der Waals surface area contributed by atoms with Gasteiger partial charge in [-0.05, 0) is 25.0 Å². The second kappa shape index (κ2) is 6.72. The van der Waals surface area contributed by atoms with Crippen LogP contribution in [0.5, 0.6) is 0 Å². The molecule has 3 rings (SSSR count). The standard InChI is InChI=1S/C16H19N3OS/c20-15(19-10-6-1-2-7-11-19)14-12-21-16(18-14)17-13-8-4-3-5-9-13/h3-5,8-9,12H,1-2,6-7,10-11H2,(H,17,18). The minimum Gasteiger partial charge on any atom is -0.337 e. The first-order valence-electron chi connectivity index (χ1n) is 7.40. The molecular weight excluding hydrogens is 282 g/mol. The summed E-state index contributed by atoms with van der Waals surface area (Å²) >= 11 is 1.47. The largest absolute Gasteiger partial charge is 0.337 e. The third kappa shape index (κ3) is 3.61. The van der Waals surface area contributed by atoms with Gasteiger partial charge in [0.15, 0.2) is 5.13 Å². The second-order valence-corrected chi connectivity index (χ2v) is 6.09. The summed E-state index contributed by atoms with van der Waals surface area (Å²) in [5, 5.41) is 5.84. The van der Waals surface area contributed by atoms with Crippen LogP contribution in [0.2, 0.25) is 0 Å². The number of anilines is 2. The molecule has 110 valence electrons. The summed E-state index contributed by atoms with van der Waals surface area (Å²) in [4.78, 5) is 18.8. The van der Waals surface area contributed by atoms with Crippen LogP contribution in [0.3, 0.4) is 0 Å². The molecule has 1 saturated heterocycles. The number of hydrogen-bond acceptors (Lipinski definition) is 4. The first-order valence-corrected chi connectivity index (χ1v) is 8.28. The van der Waals surface area contributed by atoms with Crippen LogP contribution in [-0.2, 0) is 0 Å². The van der Waals surface area contributed by atoms with E-state index in [0.717, 1.165) is 36.8 Å². The number of para-hydroxylation sites is 1. The minimum absolute atomic E-state index is 0.0641. The Labute approximate surface area is 128 Å². The van der Waals surface area contributed by atoms with Crippen molar-refractivity contribution in [2.45, 2.75) is 25.7 Å². The normalized spacial score (nSPS) is 15.5. The number of carbonyl (C=O) groups excluding carboxylic acids is 1. The highest BCUT2D eigenvalue weighted by Gasteiger charge is 2.19. The molecule has 1 aromatic heterocycles. The van der Waals surface area contributed by atoms with E-state index in [1.165, 1.54) is 24.2 Å². The van der Waals surface area contributed by atoms with Gasteiger partial charge in [0.25, 0.3) is 5.91 Å². The van der Waals surface area contributed by atoms with Crippen LogP contribution in [-0.4, -0.2) is 28.9 Å². The van der Waals surface area contributed by atoms with Gasteiger partial charge in [0.05, 0.1) is 0 Å². The van der Waals surface area contributed by atoms with Crippen LogP contribution in [0.4, 0.5) is 10.8 Å². The SMILES string of the molecule is O=C(c1csc(Nc2ccccc2)n1)N1CCCCCC1. The van der Waals surface area contributed by atoms with Gasteiger partial charge in [0.1, 0.15) is 5.69 Å². The quantitative estimate of drug-likeness (QED) is 0.935. The molecule has 1 amide bonds. The predicted octanol–water partition coefficient (Wildman–Crippen LogP) is 3.90. The highest BCUT2D eigenvalue weighted by molar-refractivity contribution is 7.14. The maximum atomic E-state index is 12.5. The van der Waals surface area contributed by atoms with Gasteiger partial charge in [-0.2, -0.15) is 0 Å². The van der Waals surface area contributed by atoms with Crippen molar-refractivity contribution in [2.75, 3.05) is 18.4 Å². The number of aromatic nitrogens is 1. The zero-order valence-corrected chi connectivity index (χ0v) is 12.7. The molecule has 1 aliphatic heterocycles. The van der Waals surface area contributed by atoms with Gasteiger partial charge in [-0.25, -0.2) is 4.98 Å². The van der Waals surface area contributed by atoms with Crippen LogP contribution in [0.25, 0.3) is 0 Å². The van der Waals surface area contributed by atoms with Crippen LogP contribution >= 0.6 is 11.3 Å². The van der Waals surface area contributed by atoms with Crippen molar-refractivity contribution in [2.24, 2.45) is 0 Å². The fraction of sp³-hybridized carbons (Fsp3) is 0.375. The number of amides is 1. The van der Waals surface area contributed by atoms with Gasteiger partial charge in [0.2, 0.25) is 0 Å². The number of benzene rings is 1. The molecule has 1 fully saturated rings. The molecule has 5 heteroatoms. The molecule has 2 aromatic rings. The number of nitrogens with one attached hydrogen (secondary N) is 1. The Morgan fingerprint density at radius 3 is 2.52 bits per heavy atom. The van der Waals surface area contributed by atoms with Gasteiger partial charge in [-0.15, -0.1) is 11.3 Å². The molecule has 0 atom stereocenters. The van der Waals surface area contributed by atoms with E-state index in [9.17, 15) is 4.79 Å². The van der Waals surface area contributed by atoms with Crippen LogP contribution in [0, 0.1) is 0 Å². The minimum atomic E-state index is 0.0641. The van der Waals surface area contributed by atoms with Gasteiger partial charge >= 0.3 is 0 Å². The lowest BCUT2D eigenvalue weighted by Crippen LogP contribution is -2.32. The highest BCUT2D eigenvalue weighted by Crippen LogP contribution is 2.22. The lowest BCUT2D eigenvalue weighted by atomic mass is 10.2. The number of nitrogens with zero attached hydrogens (tertiary/aromatic N) is 2. The molecular formula is C16H19N3OS. The molecule has 0 bridgehead atoms. The summed E-state index contributed by atoms with van der Waals surface area (Å²) in [5.74, 6) is 0.0641. The number of carbonyl (C=O) groups is 1. The Morgan fingerprint density at radius 1 is 1.10 bits per heavy atom. The third-order valence-electron chi connectivity index (χ3n) is 3.64. The van der Waals surface area contributed by atoms with Crippen molar-refractivity contribution < 1.29 is 4.79 Å². The van der Waals surface area contributed by atoms with Crippen LogP contribution < -0.4 is 5.32 Å². The summed E-state index contributed by atoms with van der Waals surface area (Å²) < 4.78 is 0. The first kappa shape index (κ1) is 14.1. The summed E-state index contributed by atoms with van der Waals surface area (Å²) in [6.07, 6.45) is 4.65. The van der Waals surface area contributed by atoms with E-state index >= 15 is 0 Å². The van der Waals surface area contributed by atoms with Crippen molar-refractivity contribution in [1.29, 1.82) is 0 Å². The second-order valence-electron chi connectivity index (χ2n) is 5.24. The number of likely N-dealkylation sites (tertiary alicyclic amines) is 1. The molecule has 0 spiro atoms. The summed E-state index contributed by atoms with van der Waals surface area (Å²) in [6, 6.07) is 9.88.